The molecule has 2 aromatic carbocycles. The second kappa shape index (κ2) is 4.97. The number of thioether (sulfide) groups is 1. The highest BCUT2D eigenvalue weighted by Gasteiger charge is 2.19. The minimum Gasteiger partial charge on any atom is -0.366 e. The Balaban J connectivity index is 2.08. The van der Waals surface area contributed by atoms with E-state index in [1.54, 1.807) is 6.07 Å². The van der Waals surface area contributed by atoms with Crippen LogP contribution < -0.4 is 10.6 Å². The van der Waals surface area contributed by atoms with Gasteiger partial charge in [0.1, 0.15) is 0 Å². The van der Waals surface area contributed by atoms with Crippen LogP contribution in [-0.4, -0.2) is 18.2 Å². The predicted molar refractivity (Wildman–Crippen MR) is 79.1 cm³/mol. The van der Waals surface area contributed by atoms with Gasteiger partial charge in [-0.2, -0.15) is 0 Å². The molecule has 0 saturated carbocycles. The lowest BCUT2D eigenvalue weighted by atomic mass is 10.1. The molecule has 0 atom stereocenters. The Bertz CT molecular complexity index is 613. The molecular weight excluding hydrogens is 256 g/mol. The van der Waals surface area contributed by atoms with E-state index in [4.69, 9.17) is 5.73 Å². The van der Waals surface area contributed by atoms with Gasteiger partial charge in [0, 0.05) is 28.4 Å². The van der Waals surface area contributed by atoms with Crippen molar-refractivity contribution in [3.63, 3.8) is 0 Å². The van der Waals surface area contributed by atoms with Crippen molar-refractivity contribution in [1.29, 1.82) is 0 Å². The number of carbonyl (C=O) groups excluding carboxylic acids is 1. The van der Waals surface area contributed by atoms with Gasteiger partial charge in [-0.25, -0.2) is 0 Å². The van der Waals surface area contributed by atoms with E-state index in [9.17, 15) is 4.79 Å². The summed E-state index contributed by atoms with van der Waals surface area (Å²) in [6.45, 7) is 0.934. The van der Waals surface area contributed by atoms with Crippen molar-refractivity contribution in [1.82, 2.24) is 0 Å². The monoisotopic (exact) mass is 270 g/mol. The number of primary amides is 1. The first-order chi connectivity index (χ1) is 9.25. The number of carbonyl (C=O) groups is 1. The first-order valence-corrected chi connectivity index (χ1v) is 7.13. The third kappa shape index (κ3) is 2.31. The summed E-state index contributed by atoms with van der Waals surface area (Å²) >= 11 is 1.81. The molecule has 0 aromatic heterocycles. The first kappa shape index (κ1) is 12.1. The summed E-state index contributed by atoms with van der Waals surface area (Å²) in [5.41, 5.74) is 8.14. The highest BCUT2D eigenvalue weighted by Crippen LogP contribution is 2.39. The average molecular weight is 270 g/mol. The maximum Gasteiger partial charge on any atom is 0.248 e. The quantitative estimate of drug-likeness (QED) is 0.912. The highest BCUT2D eigenvalue weighted by molar-refractivity contribution is 7.99. The summed E-state index contributed by atoms with van der Waals surface area (Å²) in [5, 5.41) is 0. The molecule has 1 amide bonds. The number of para-hydroxylation sites is 1. The molecule has 0 saturated heterocycles. The zero-order chi connectivity index (χ0) is 13.2. The molecule has 0 bridgehead atoms. The summed E-state index contributed by atoms with van der Waals surface area (Å²) in [4.78, 5) is 14.8. The fourth-order valence-electron chi connectivity index (χ4n) is 2.25. The molecule has 0 fully saturated rings. The van der Waals surface area contributed by atoms with Crippen LogP contribution in [0.5, 0.6) is 0 Å². The molecule has 19 heavy (non-hydrogen) atoms. The van der Waals surface area contributed by atoms with Gasteiger partial charge in [-0.05, 0) is 30.3 Å². The Morgan fingerprint density at radius 1 is 1.16 bits per heavy atom. The minimum absolute atomic E-state index is 0.383. The van der Waals surface area contributed by atoms with E-state index in [0.717, 1.165) is 23.7 Å². The minimum atomic E-state index is -0.383. The standard InChI is InChI=1S/C15H14N2OS/c16-15(18)11-6-7-14-13(10-11)17(8-9-19-14)12-4-2-1-3-5-12/h1-7,10H,8-9H2,(H2,16,18). The first-order valence-electron chi connectivity index (χ1n) is 6.15. The van der Waals surface area contributed by atoms with Gasteiger partial charge >= 0.3 is 0 Å². The summed E-state index contributed by atoms with van der Waals surface area (Å²) in [7, 11) is 0. The van der Waals surface area contributed by atoms with Crippen LogP contribution in [-0.2, 0) is 0 Å². The van der Waals surface area contributed by atoms with Crippen molar-refractivity contribution >= 4 is 29.0 Å². The van der Waals surface area contributed by atoms with Crippen LogP contribution in [0.15, 0.2) is 53.4 Å². The van der Waals surface area contributed by atoms with Crippen molar-refractivity contribution in [3.8, 4) is 0 Å². The van der Waals surface area contributed by atoms with Crippen LogP contribution in [0, 0.1) is 0 Å². The Morgan fingerprint density at radius 3 is 2.68 bits per heavy atom. The predicted octanol–water partition coefficient (Wildman–Crippen LogP) is 3.03. The molecule has 0 radical (unpaired) electrons. The number of nitrogens with zero attached hydrogens (tertiary/aromatic N) is 1. The van der Waals surface area contributed by atoms with E-state index in [1.807, 2.05) is 42.1 Å². The van der Waals surface area contributed by atoms with Crippen LogP contribution in [0.3, 0.4) is 0 Å². The van der Waals surface area contributed by atoms with Crippen LogP contribution in [0.2, 0.25) is 0 Å². The fourth-order valence-corrected chi connectivity index (χ4v) is 3.22. The lowest BCUT2D eigenvalue weighted by Crippen LogP contribution is -2.24. The molecule has 3 rings (SSSR count). The van der Waals surface area contributed by atoms with E-state index in [2.05, 4.69) is 17.0 Å². The second-order valence-electron chi connectivity index (χ2n) is 4.38. The van der Waals surface area contributed by atoms with E-state index in [0.29, 0.717) is 5.56 Å². The third-order valence-corrected chi connectivity index (χ3v) is 4.22. The maximum absolute atomic E-state index is 11.3. The van der Waals surface area contributed by atoms with Crippen molar-refractivity contribution < 1.29 is 4.79 Å². The zero-order valence-corrected chi connectivity index (χ0v) is 11.2. The molecule has 0 unspecified atom stereocenters. The molecular formula is C15H14N2OS. The van der Waals surface area contributed by atoms with Gasteiger partial charge in [0.25, 0.3) is 0 Å². The molecule has 96 valence electrons. The highest BCUT2D eigenvalue weighted by atomic mass is 32.2. The van der Waals surface area contributed by atoms with Crippen molar-refractivity contribution in [3.05, 3.63) is 54.1 Å². The maximum atomic E-state index is 11.3. The normalized spacial score (nSPS) is 14.0. The zero-order valence-electron chi connectivity index (χ0n) is 10.4. The number of fused-ring (bicyclic) bond motifs is 1. The lowest BCUT2D eigenvalue weighted by Gasteiger charge is -2.31. The number of rotatable bonds is 2. The number of hydrogen-bond acceptors (Lipinski definition) is 3. The molecule has 1 heterocycles. The molecule has 2 N–H and O–H groups in total. The Labute approximate surface area is 116 Å². The summed E-state index contributed by atoms with van der Waals surface area (Å²) in [6, 6.07) is 15.9. The molecule has 0 spiro atoms. The largest absolute Gasteiger partial charge is 0.366 e. The van der Waals surface area contributed by atoms with Gasteiger partial charge in [-0.3, -0.25) is 4.79 Å². The molecule has 0 aliphatic carbocycles. The topological polar surface area (TPSA) is 46.3 Å². The Kier molecular flexibility index (Phi) is 3.17. The van der Waals surface area contributed by atoms with E-state index < -0.39 is 0 Å². The average Bonchev–Trinajstić information content (AvgIpc) is 2.47. The fraction of sp³-hybridized carbons (Fsp3) is 0.133. The van der Waals surface area contributed by atoms with Gasteiger partial charge in [-0.15, -0.1) is 11.8 Å². The van der Waals surface area contributed by atoms with E-state index in [1.165, 1.54) is 4.90 Å². The molecule has 3 nitrogen and oxygen atoms in total. The van der Waals surface area contributed by atoms with E-state index >= 15 is 0 Å². The van der Waals surface area contributed by atoms with E-state index in [-0.39, 0.29) is 5.91 Å². The molecule has 1 aliphatic rings. The lowest BCUT2D eigenvalue weighted by molar-refractivity contribution is 0.100. The Morgan fingerprint density at radius 2 is 1.95 bits per heavy atom. The van der Waals surface area contributed by atoms with Crippen molar-refractivity contribution in [2.45, 2.75) is 4.90 Å². The van der Waals surface area contributed by atoms with Crippen LogP contribution >= 0.6 is 11.8 Å². The molecule has 2 aromatic rings. The summed E-state index contributed by atoms with van der Waals surface area (Å²) in [6.07, 6.45) is 0. The van der Waals surface area contributed by atoms with Crippen molar-refractivity contribution in [2.24, 2.45) is 5.73 Å². The van der Waals surface area contributed by atoms with Crippen LogP contribution in [0.25, 0.3) is 0 Å². The third-order valence-electron chi connectivity index (χ3n) is 3.17. The van der Waals surface area contributed by atoms with Gasteiger partial charge in [0.2, 0.25) is 5.91 Å². The van der Waals surface area contributed by atoms with Crippen molar-refractivity contribution in [2.75, 3.05) is 17.2 Å². The summed E-state index contributed by atoms with van der Waals surface area (Å²) < 4.78 is 0. The van der Waals surface area contributed by atoms with Gasteiger partial charge in [-0.1, -0.05) is 18.2 Å². The summed E-state index contributed by atoms with van der Waals surface area (Å²) in [5.74, 6) is 0.657. The van der Waals surface area contributed by atoms with Gasteiger partial charge in [0.05, 0.1) is 5.69 Å². The molecule has 1 aliphatic heterocycles. The van der Waals surface area contributed by atoms with Crippen LogP contribution in [0.4, 0.5) is 11.4 Å². The molecule has 4 heteroatoms. The Hall–Kier alpha value is -1.94. The van der Waals surface area contributed by atoms with Gasteiger partial charge in [0.15, 0.2) is 0 Å². The smallest absolute Gasteiger partial charge is 0.248 e. The number of anilines is 2. The number of amides is 1. The number of hydrogen-bond donors (Lipinski definition) is 1. The van der Waals surface area contributed by atoms with Crippen LogP contribution in [0.1, 0.15) is 10.4 Å². The van der Waals surface area contributed by atoms with Gasteiger partial charge < -0.3 is 10.6 Å². The number of benzene rings is 2. The number of nitrogens with two attached hydrogens (primary N) is 1. The second-order valence-corrected chi connectivity index (χ2v) is 5.52. The SMILES string of the molecule is NC(=O)c1ccc2c(c1)N(c1ccccc1)CCS2.